The third kappa shape index (κ3) is 7.11. The fourth-order valence-electron chi connectivity index (χ4n) is 1.72. The number of rotatable bonds is 7. The maximum Gasteiger partial charge on any atom is 0.253 e. The average molecular weight is 348 g/mol. The first kappa shape index (κ1) is 20.7. The van der Waals surface area contributed by atoms with E-state index in [4.69, 9.17) is 17.3 Å². The van der Waals surface area contributed by atoms with Gasteiger partial charge in [0.25, 0.3) is 5.91 Å². The fourth-order valence-corrected chi connectivity index (χ4v) is 1.90. The number of nitrogens with two attached hydrogens (primary N) is 1. The molecule has 0 fully saturated rings. The van der Waals surface area contributed by atoms with Crippen molar-refractivity contribution in [1.29, 1.82) is 0 Å². The molecule has 1 rings (SSSR count). The van der Waals surface area contributed by atoms with Gasteiger partial charge in [0.1, 0.15) is 0 Å². The Morgan fingerprint density at radius 3 is 2.64 bits per heavy atom. The van der Waals surface area contributed by atoms with Gasteiger partial charge >= 0.3 is 0 Å². The van der Waals surface area contributed by atoms with Crippen LogP contribution in [-0.4, -0.2) is 24.4 Å². The Kier molecular flexibility index (Phi) is 9.81. The van der Waals surface area contributed by atoms with Crippen molar-refractivity contribution < 1.29 is 9.59 Å². The summed E-state index contributed by atoms with van der Waals surface area (Å²) in [6.45, 7) is 4.40. The molecule has 0 aromatic heterocycles. The molecule has 0 spiro atoms. The second kappa shape index (κ2) is 10.4. The molecule has 0 bridgehead atoms. The minimum atomic E-state index is -0.226. The summed E-state index contributed by atoms with van der Waals surface area (Å²) >= 11 is 5.93. The quantitative estimate of drug-likeness (QED) is 0.708. The lowest BCUT2D eigenvalue weighted by molar-refractivity contribution is -0.116. The van der Waals surface area contributed by atoms with Gasteiger partial charge in [0.05, 0.1) is 11.3 Å². The lowest BCUT2D eigenvalue weighted by Gasteiger charge is -2.12. The minimum absolute atomic E-state index is 0. The highest BCUT2D eigenvalue weighted by Gasteiger charge is 2.14. The van der Waals surface area contributed by atoms with E-state index < -0.39 is 0 Å². The number of anilines is 1. The molecule has 124 valence electrons. The maximum absolute atomic E-state index is 12.1. The lowest BCUT2D eigenvalue weighted by atomic mass is 10.1. The molecule has 22 heavy (non-hydrogen) atoms. The molecule has 0 aliphatic rings. The molecular weight excluding hydrogens is 325 g/mol. The Morgan fingerprint density at radius 1 is 1.36 bits per heavy atom. The first-order chi connectivity index (χ1) is 9.93. The van der Waals surface area contributed by atoms with Crippen LogP contribution in [0.4, 0.5) is 5.69 Å². The SMILES string of the molecule is CCCNC(=O)c1ccc(Cl)cc1NC(=O)CCC(C)N.Cl. The number of carbonyl (C=O) groups excluding carboxylic acids is 2. The number of hydrogen-bond acceptors (Lipinski definition) is 3. The molecule has 1 unspecified atom stereocenters. The summed E-state index contributed by atoms with van der Waals surface area (Å²) in [7, 11) is 0. The Bertz CT molecular complexity index is 508. The van der Waals surface area contributed by atoms with E-state index in [0.717, 1.165) is 6.42 Å². The summed E-state index contributed by atoms with van der Waals surface area (Å²) in [6, 6.07) is 4.77. The molecule has 1 aromatic rings. The van der Waals surface area contributed by atoms with Crippen molar-refractivity contribution in [2.75, 3.05) is 11.9 Å². The van der Waals surface area contributed by atoms with Crippen LogP contribution in [0.1, 0.15) is 43.5 Å². The largest absolute Gasteiger partial charge is 0.352 e. The van der Waals surface area contributed by atoms with Gasteiger partial charge in [0.15, 0.2) is 0 Å². The molecule has 0 saturated heterocycles. The van der Waals surface area contributed by atoms with E-state index in [1.54, 1.807) is 18.2 Å². The van der Waals surface area contributed by atoms with Crippen molar-refractivity contribution in [3.63, 3.8) is 0 Å². The molecule has 0 radical (unpaired) electrons. The van der Waals surface area contributed by atoms with Crippen molar-refractivity contribution in [2.24, 2.45) is 5.73 Å². The summed E-state index contributed by atoms with van der Waals surface area (Å²) in [4.78, 5) is 23.9. The number of halogens is 2. The zero-order valence-corrected chi connectivity index (χ0v) is 14.4. The van der Waals surface area contributed by atoms with Gasteiger partial charge in [-0.05, 0) is 38.0 Å². The zero-order valence-electron chi connectivity index (χ0n) is 12.8. The number of nitrogens with one attached hydrogen (secondary N) is 2. The van der Waals surface area contributed by atoms with E-state index in [2.05, 4.69) is 10.6 Å². The summed E-state index contributed by atoms with van der Waals surface area (Å²) in [5.74, 6) is -0.407. The molecular formula is C15H23Cl2N3O2. The first-order valence-corrected chi connectivity index (χ1v) is 7.45. The highest BCUT2D eigenvalue weighted by atomic mass is 35.5. The molecule has 7 heteroatoms. The van der Waals surface area contributed by atoms with Gasteiger partial charge in [0.2, 0.25) is 5.91 Å². The van der Waals surface area contributed by atoms with E-state index in [9.17, 15) is 9.59 Å². The van der Waals surface area contributed by atoms with Crippen LogP contribution in [0.15, 0.2) is 18.2 Å². The second-order valence-electron chi connectivity index (χ2n) is 5.01. The van der Waals surface area contributed by atoms with Crippen molar-refractivity contribution in [3.8, 4) is 0 Å². The molecule has 0 heterocycles. The Morgan fingerprint density at radius 2 is 2.05 bits per heavy atom. The predicted molar refractivity (Wildman–Crippen MR) is 92.8 cm³/mol. The molecule has 2 amide bonds. The van der Waals surface area contributed by atoms with E-state index in [1.807, 2.05) is 13.8 Å². The van der Waals surface area contributed by atoms with Crippen molar-refractivity contribution in [1.82, 2.24) is 5.32 Å². The molecule has 1 aromatic carbocycles. The second-order valence-corrected chi connectivity index (χ2v) is 5.45. The van der Waals surface area contributed by atoms with Crippen LogP contribution < -0.4 is 16.4 Å². The van der Waals surface area contributed by atoms with Crippen molar-refractivity contribution in [3.05, 3.63) is 28.8 Å². The molecule has 0 saturated carbocycles. The maximum atomic E-state index is 12.1. The van der Waals surface area contributed by atoms with Crippen LogP contribution in [0.2, 0.25) is 5.02 Å². The normalized spacial score (nSPS) is 11.3. The van der Waals surface area contributed by atoms with Gasteiger partial charge in [-0.3, -0.25) is 9.59 Å². The van der Waals surface area contributed by atoms with Gasteiger partial charge in [-0.1, -0.05) is 18.5 Å². The van der Waals surface area contributed by atoms with Crippen LogP contribution in [0.3, 0.4) is 0 Å². The molecule has 1 atom stereocenters. The number of hydrogen-bond donors (Lipinski definition) is 3. The highest BCUT2D eigenvalue weighted by molar-refractivity contribution is 6.31. The highest BCUT2D eigenvalue weighted by Crippen LogP contribution is 2.21. The molecule has 0 aliphatic heterocycles. The Labute approximate surface area is 142 Å². The number of amides is 2. The monoisotopic (exact) mass is 347 g/mol. The average Bonchev–Trinajstić information content (AvgIpc) is 2.42. The van der Waals surface area contributed by atoms with Crippen LogP contribution in [0, 0.1) is 0 Å². The van der Waals surface area contributed by atoms with Crippen molar-refractivity contribution >= 4 is 41.5 Å². The third-order valence-corrected chi connectivity index (χ3v) is 3.10. The van der Waals surface area contributed by atoms with Gasteiger partial charge in [-0.2, -0.15) is 0 Å². The predicted octanol–water partition coefficient (Wildman–Crippen LogP) is 2.97. The smallest absolute Gasteiger partial charge is 0.253 e. The standard InChI is InChI=1S/C15H22ClN3O2.ClH/c1-3-8-18-15(21)12-6-5-11(16)9-13(12)19-14(20)7-4-10(2)17;/h5-6,9-10H,3-4,7-8,17H2,1-2H3,(H,18,21)(H,19,20);1H. The molecule has 5 nitrogen and oxygen atoms in total. The van der Waals surface area contributed by atoms with E-state index in [1.165, 1.54) is 0 Å². The number of carbonyl (C=O) groups is 2. The van der Waals surface area contributed by atoms with Crippen LogP contribution in [-0.2, 0) is 4.79 Å². The summed E-state index contributed by atoms with van der Waals surface area (Å²) in [6.07, 6.45) is 1.74. The minimum Gasteiger partial charge on any atom is -0.352 e. The molecule has 4 N–H and O–H groups in total. The van der Waals surface area contributed by atoms with Gasteiger partial charge in [0, 0.05) is 24.0 Å². The third-order valence-electron chi connectivity index (χ3n) is 2.86. The lowest BCUT2D eigenvalue weighted by Crippen LogP contribution is -2.26. The summed E-state index contributed by atoms with van der Waals surface area (Å²) in [5.41, 5.74) is 6.45. The van der Waals surface area contributed by atoms with Crippen LogP contribution in [0.25, 0.3) is 0 Å². The van der Waals surface area contributed by atoms with Gasteiger partial charge < -0.3 is 16.4 Å². The van der Waals surface area contributed by atoms with Crippen molar-refractivity contribution in [2.45, 2.75) is 39.2 Å². The Balaban J connectivity index is 0.00000441. The van der Waals surface area contributed by atoms with Crippen LogP contribution >= 0.6 is 24.0 Å². The number of benzene rings is 1. The van der Waals surface area contributed by atoms with E-state index in [0.29, 0.717) is 35.7 Å². The Hall–Kier alpha value is -1.30. The fraction of sp³-hybridized carbons (Fsp3) is 0.467. The topological polar surface area (TPSA) is 84.2 Å². The van der Waals surface area contributed by atoms with Gasteiger partial charge in [-0.15, -0.1) is 12.4 Å². The summed E-state index contributed by atoms with van der Waals surface area (Å²) < 4.78 is 0. The summed E-state index contributed by atoms with van der Waals surface area (Å²) in [5, 5.41) is 5.97. The first-order valence-electron chi connectivity index (χ1n) is 7.07. The van der Waals surface area contributed by atoms with Crippen LogP contribution in [0.5, 0.6) is 0 Å². The molecule has 0 aliphatic carbocycles. The zero-order chi connectivity index (χ0) is 15.8. The van der Waals surface area contributed by atoms with E-state index in [-0.39, 0.29) is 30.3 Å². The van der Waals surface area contributed by atoms with Gasteiger partial charge in [-0.25, -0.2) is 0 Å². The van der Waals surface area contributed by atoms with E-state index >= 15 is 0 Å².